The van der Waals surface area contributed by atoms with Crippen LogP contribution in [0.4, 0.5) is 0 Å². The van der Waals surface area contributed by atoms with Gasteiger partial charge in [-0.1, -0.05) is 26.0 Å². The minimum Gasteiger partial charge on any atom is -0.493 e. The number of aromatic nitrogens is 2. The summed E-state index contributed by atoms with van der Waals surface area (Å²) in [6, 6.07) is 8.01. The minimum absolute atomic E-state index is 0.628. The Balaban J connectivity index is 2.29. The number of ether oxygens (including phenoxy) is 1. The second kappa shape index (κ2) is 7.52. The van der Waals surface area contributed by atoms with Gasteiger partial charge in [0, 0.05) is 11.4 Å². The highest BCUT2D eigenvalue weighted by Gasteiger charge is 2.21. The van der Waals surface area contributed by atoms with E-state index in [1.165, 1.54) is 4.90 Å². The van der Waals surface area contributed by atoms with E-state index in [1.807, 2.05) is 28.9 Å². The van der Waals surface area contributed by atoms with E-state index >= 15 is 0 Å². The Morgan fingerprint density at radius 1 is 1.29 bits per heavy atom. The first-order valence-electron chi connectivity index (χ1n) is 7.21. The van der Waals surface area contributed by atoms with E-state index < -0.39 is 6.10 Å². The number of nitrogens with zero attached hydrogens (tertiary/aromatic N) is 2. The van der Waals surface area contributed by atoms with Crippen molar-refractivity contribution in [1.29, 1.82) is 0 Å². The summed E-state index contributed by atoms with van der Waals surface area (Å²) in [5, 5.41) is 15.0. The van der Waals surface area contributed by atoms with Gasteiger partial charge in [0.2, 0.25) is 0 Å². The standard InChI is InChI=1S/C16H22N2O2S/c1-4-10-18-15(14(20-3)11-17-18)16(19)12-6-8-13(9-7-12)21-5-2/h6-9,11,16,19H,4-5,10H2,1-3H3. The highest BCUT2D eigenvalue weighted by atomic mass is 32.2. The second-order valence-corrected chi connectivity index (χ2v) is 6.06. The summed E-state index contributed by atoms with van der Waals surface area (Å²) in [5.74, 6) is 1.67. The third-order valence-electron chi connectivity index (χ3n) is 3.27. The minimum atomic E-state index is -0.727. The summed E-state index contributed by atoms with van der Waals surface area (Å²) in [6.45, 7) is 4.97. The molecule has 1 N–H and O–H groups in total. The van der Waals surface area contributed by atoms with Crippen molar-refractivity contribution < 1.29 is 9.84 Å². The van der Waals surface area contributed by atoms with Gasteiger partial charge in [-0.05, 0) is 29.9 Å². The summed E-state index contributed by atoms with van der Waals surface area (Å²) in [6.07, 6.45) is 1.89. The Labute approximate surface area is 130 Å². The van der Waals surface area contributed by atoms with Gasteiger partial charge in [0.05, 0.1) is 13.3 Å². The van der Waals surface area contributed by atoms with Crippen LogP contribution in [0.5, 0.6) is 5.75 Å². The van der Waals surface area contributed by atoms with Crippen LogP contribution in [0.25, 0.3) is 0 Å². The zero-order valence-electron chi connectivity index (χ0n) is 12.7. The van der Waals surface area contributed by atoms with E-state index in [1.54, 1.807) is 25.1 Å². The van der Waals surface area contributed by atoms with Gasteiger partial charge in [-0.3, -0.25) is 4.68 Å². The number of aliphatic hydroxyl groups excluding tert-OH is 1. The van der Waals surface area contributed by atoms with Gasteiger partial charge >= 0.3 is 0 Å². The van der Waals surface area contributed by atoms with Crippen LogP contribution in [-0.2, 0) is 6.54 Å². The molecule has 1 aromatic heterocycles. The van der Waals surface area contributed by atoms with E-state index in [-0.39, 0.29) is 0 Å². The van der Waals surface area contributed by atoms with Crippen molar-refractivity contribution in [2.75, 3.05) is 12.9 Å². The maximum Gasteiger partial charge on any atom is 0.163 e. The van der Waals surface area contributed by atoms with Crippen LogP contribution in [0, 0.1) is 0 Å². The average Bonchev–Trinajstić information content (AvgIpc) is 2.91. The molecule has 0 fully saturated rings. The van der Waals surface area contributed by atoms with Crippen LogP contribution < -0.4 is 4.74 Å². The monoisotopic (exact) mass is 306 g/mol. The van der Waals surface area contributed by atoms with E-state index in [0.717, 1.165) is 30.0 Å². The molecule has 2 rings (SSSR count). The molecule has 0 aliphatic carbocycles. The molecule has 2 aromatic rings. The summed E-state index contributed by atoms with van der Waals surface area (Å²) in [5.41, 5.74) is 1.57. The predicted octanol–water partition coefficient (Wildman–Crippen LogP) is 3.50. The number of benzene rings is 1. The quantitative estimate of drug-likeness (QED) is 0.795. The lowest BCUT2D eigenvalue weighted by molar-refractivity contribution is 0.202. The molecule has 4 nitrogen and oxygen atoms in total. The van der Waals surface area contributed by atoms with Gasteiger partial charge in [-0.15, -0.1) is 11.8 Å². The fourth-order valence-electron chi connectivity index (χ4n) is 2.27. The fourth-order valence-corrected chi connectivity index (χ4v) is 2.93. The van der Waals surface area contributed by atoms with Crippen molar-refractivity contribution in [2.45, 2.75) is 37.8 Å². The first-order valence-corrected chi connectivity index (χ1v) is 8.20. The molecule has 0 amide bonds. The first kappa shape index (κ1) is 15.9. The predicted molar refractivity (Wildman–Crippen MR) is 86.0 cm³/mol. The SMILES string of the molecule is CCCn1ncc(OC)c1C(O)c1ccc(SCC)cc1. The summed E-state index contributed by atoms with van der Waals surface area (Å²) in [4.78, 5) is 1.21. The Morgan fingerprint density at radius 2 is 2.00 bits per heavy atom. The van der Waals surface area contributed by atoms with Crippen LogP contribution in [-0.4, -0.2) is 27.7 Å². The van der Waals surface area contributed by atoms with E-state index in [2.05, 4.69) is 18.9 Å². The largest absolute Gasteiger partial charge is 0.493 e. The maximum absolute atomic E-state index is 10.7. The van der Waals surface area contributed by atoms with Crippen molar-refractivity contribution in [3.8, 4) is 5.75 Å². The van der Waals surface area contributed by atoms with E-state index in [0.29, 0.717) is 5.75 Å². The van der Waals surface area contributed by atoms with Crippen molar-refractivity contribution in [1.82, 2.24) is 9.78 Å². The highest BCUT2D eigenvalue weighted by Crippen LogP contribution is 2.31. The van der Waals surface area contributed by atoms with Crippen molar-refractivity contribution >= 4 is 11.8 Å². The normalized spacial score (nSPS) is 12.4. The number of hydrogen-bond acceptors (Lipinski definition) is 4. The smallest absolute Gasteiger partial charge is 0.163 e. The molecule has 1 aromatic carbocycles. The third-order valence-corrected chi connectivity index (χ3v) is 4.16. The van der Waals surface area contributed by atoms with Crippen LogP contribution in [0.15, 0.2) is 35.4 Å². The summed E-state index contributed by atoms with van der Waals surface area (Å²) >= 11 is 1.79. The van der Waals surface area contributed by atoms with Crippen LogP contribution in [0.2, 0.25) is 0 Å². The molecule has 114 valence electrons. The molecular formula is C16H22N2O2S. The van der Waals surface area contributed by atoms with Gasteiger partial charge in [0.25, 0.3) is 0 Å². The van der Waals surface area contributed by atoms with Gasteiger partial charge in [-0.25, -0.2) is 0 Å². The molecule has 0 radical (unpaired) electrons. The average molecular weight is 306 g/mol. The van der Waals surface area contributed by atoms with E-state index in [9.17, 15) is 5.11 Å². The molecule has 21 heavy (non-hydrogen) atoms. The zero-order chi connectivity index (χ0) is 15.2. The molecule has 0 aliphatic heterocycles. The molecule has 0 saturated heterocycles. The highest BCUT2D eigenvalue weighted by molar-refractivity contribution is 7.99. The Hall–Kier alpha value is -1.46. The number of rotatable bonds is 7. The maximum atomic E-state index is 10.7. The van der Waals surface area contributed by atoms with Gasteiger partial charge < -0.3 is 9.84 Å². The zero-order valence-corrected chi connectivity index (χ0v) is 13.6. The Bertz CT molecular complexity index is 566. The summed E-state index contributed by atoms with van der Waals surface area (Å²) < 4.78 is 7.15. The lowest BCUT2D eigenvalue weighted by Crippen LogP contribution is -2.11. The fraction of sp³-hybridized carbons (Fsp3) is 0.438. The van der Waals surface area contributed by atoms with Crippen molar-refractivity contribution in [3.05, 3.63) is 41.7 Å². The van der Waals surface area contributed by atoms with E-state index in [4.69, 9.17) is 4.74 Å². The number of aryl methyl sites for hydroxylation is 1. The van der Waals surface area contributed by atoms with Crippen molar-refractivity contribution in [2.24, 2.45) is 0 Å². The lowest BCUT2D eigenvalue weighted by atomic mass is 10.1. The summed E-state index contributed by atoms with van der Waals surface area (Å²) in [7, 11) is 1.60. The van der Waals surface area contributed by atoms with Crippen LogP contribution in [0.3, 0.4) is 0 Å². The molecule has 5 heteroatoms. The molecular weight excluding hydrogens is 284 g/mol. The molecule has 0 bridgehead atoms. The lowest BCUT2D eigenvalue weighted by Gasteiger charge is -2.15. The molecule has 1 heterocycles. The van der Waals surface area contributed by atoms with Gasteiger partial charge in [0.15, 0.2) is 5.75 Å². The molecule has 0 saturated carbocycles. The number of hydrogen-bond donors (Lipinski definition) is 1. The third kappa shape index (κ3) is 3.60. The topological polar surface area (TPSA) is 47.3 Å². The molecule has 1 unspecified atom stereocenters. The second-order valence-electron chi connectivity index (χ2n) is 4.73. The molecule has 0 aliphatic rings. The van der Waals surface area contributed by atoms with Crippen LogP contribution in [0.1, 0.15) is 37.6 Å². The number of methoxy groups -OCH3 is 1. The van der Waals surface area contributed by atoms with Gasteiger partial charge in [-0.2, -0.15) is 5.10 Å². The molecule has 1 atom stereocenters. The van der Waals surface area contributed by atoms with Crippen molar-refractivity contribution in [3.63, 3.8) is 0 Å². The van der Waals surface area contributed by atoms with Crippen LogP contribution >= 0.6 is 11.8 Å². The van der Waals surface area contributed by atoms with Gasteiger partial charge in [0.1, 0.15) is 11.8 Å². The Morgan fingerprint density at radius 3 is 2.57 bits per heavy atom. The number of thioether (sulfide) groups is 1. The molecule has 0 spiro atoms. The Kier molecular flexibility index (Phi) is 5.70. The number of aliphatic hydroxyl groups is 1. The first-order chi connectivity index (χ1) is 10.2.